The normalized spacial score (nSPS) is 15.2. The first-order chi connectivity index (χ1) is 16.0. The number of anilines is 1. The Morgan fingerprint density at radius 3 is 2.12 bits per heavy atom. The van der Waals surface area contributed by atoms with Crippen molar-refractivity contribution < 1.29 is 28.7 Å². The van der Waals surface area contributed by atoms with E-state index in [-0.39, 0.29) is 18.9 Å². The Bertz CT molecular complexity index is 1160. The van der Waals surface area contributed by atoms with E-state index in [2.05, 4.69) is 0 Å². The fraction of sp³-hybridized carbons (Fsp3) is 0.154. The summed E-state index contributed by atoms with van der Waals surface area (Å²) in [5.74, 6) is -1.96. The molecule has 1 atom stereocenters. The van der Waals surface area contributed by atoms with Gasteiger partial charge in [-0.05, 0) is 48.5 Å². The molecule has 1 aliphatic heterocycles. The minimum atomic E-state index is -0.620. The first kappa shape index (κ1) is 22.0. The van der Waals surface area contributed by atoms with E-state index in [4.69, 9.17) is 9.47 Å². The minimum absolute atomic E-state index is 0.0450. The summed E-state index contributed by atoms with van der Waals surface area (Å²) in [6.45, 7) is -0.213. The van der Waals surface area contributed by atoms with Crippen molar-refractivity contribution in [1.82, 2.24) is 0 Å². The molecule has 0 N–H and O–H groups in total. The summed E-state index contributed by atoms with van der Waals surface area (Å²) < 4.78 is 10.5. The van der Waals surface area contributed by atoms with Crippen molar-refractivity contribution >= 4 is 29.3 Å². The highest BCUT2D eigenvalue weighted by atomic mass is 16.5. The molecule has 0 spiro atoms. The number of para-hydroxylation sites is 1. The zero-order valence-electron chi connectivity index (χ0n) is 17.7. The lowest BCUT2D eigenvalue weighted by Crippen LogP contribution is -2.27. The molecule has 1 aliphatic rings. The van der Waals surface area contributed by atoms with Crippen molar-refractivity contribution in [2.24, 2.45) is 5.92 Å². The van der Waals surface area contributed by atoms with Crippen LogP contribution in [0.25, 0.3) is 0 Å². The van der Waals surface area contributed by atoms with Crippen molar-refractivity contribution in [3.8, 4) is 5.75 Å². The number of ketones is 1. The number of carbonyl (C=O) groups is 4. The summed E-state index contributed by atoms with van der Waals surface area (Å²) in [5.41, 5.74) is 1.46. The molecule has 1 unspecified atom stereocenters. The van der Waals surface area contributed by atoms with Gasteiger partial charge in [-0.25, -0.2) is 4.79 Å². The summed E-state index contributed by atoms with van der Waals surface area (Å²) in [6, 6.07) is 23.7. The van der Waals surface area contributed by atoms with Crippen LogP contribution in [0.3, 0.4) is 0 Å². The molecular weight excluding hydrogens is 422 g/mol. The van der Waals surface area contributed by atoms with E-state index in [1.165, 1.54) is 24.3 Å². The molecule has 1 fully saturated rings. The van der Waals surface area contributed by atoms with E-state index in [0.717, 1.165) is 5.69 Å². The standard InChI is InChI=1S/C26H21NO6/c28-23(18-11-13-22(14-12-18)33-26(31)19-7-3-1-4-8-19)17-32-25(30)20-15-24(29)27(16-20)21-9-5-2-6-10-21/h1-14,20H,15-17H2. The Balaban J connectivity index is 1.28. The monoisotopic (exact) mass is 443 g/mol. The largest absolute Gasteiger partial charge is 0.457 e. The van der Waals surface area contributed by atoms with Crippen molar-refractivity contribution in [2.45, 2.75) is 6.42 Å². The third kappa shape index (κ3) is 5.33. The van der Waals surface area contributed by atoms with Gasteiger partial charge in [-0.2, -0.15) is 0 Å². The van der Waals surface area contributed by atoms with Crippen LogP contribution >= 0.6 is 0 Å². The maximum atomic E-state index is 12.4. The maximum absolute atomic E-state index is 12.4. The lowest BCUT2D eigenvalue weighted by Gasteiger charge is -2.16. The predicted octanol–water partition coefficient (Wildman–Crippen LogP) is 3.68. The lowest BCUT2D eigenvalue weighted by atomic mass is 10.1. The van der Waals surface area contributed by atoms with Gasteiger partial charge in [0.2, 0.25) is 5.91 Å². The number of benzene rings is 3. The Morgan fingerprint density at radius 1 is 0.818 bits per heavy atom. The van der Waals surface area contributed by atoms with Gasteiger partial charge in [0, 0.05) is 24.2 Å². The molecule has 166 valence electrons. The van der Waals surface area contributed by atoms with Gasteiger partial charge in [0.1, 0.15) is 5.75 Å². The molecule has 0 aromatic heterocycles. The molecule has 33 heavy (non-hydrogen) atoms. The van der Waals surface area contributed by atoms with Crippen LogP contribution in [-0.4, -0.2) is 36.8 Å². The summed E-state index contributed by atoms with van der Waals surface area (Å²) in [5, 5.41) is 0. The summed E-state index contributed by atoms with van der Waals surface area (Å²) in [4.78, 5) is 50.7. The number of hydrogen-bond donors (Lipinski definition) is 0. The minimum Gasteiger partial charge on any atom is -0.457 e. The smallest absolute Gasteiger partial charge is 0.343 e. The second-order valence-electron chi connectivity index (χ2n) is 7.55. The second-order valence-corrected chi connectivity index (χ2v) is 7.55. The molecule has 1 amide bonds. The van der Waals surface area contributed by atoms with Gasteiger partial charge in [-0.3, -0.25) is 14.4 Å². The van der Waals surface area contributed by atoms with Gasteiger partial charge in [0.15, 0.2) is 12.4 Å². The van der Waals surface area contributed by atoms with Gasteiger partial charge in [-0.15, -0.1) is 0 Å². The fourth-order valence-electron chi connectivity index (χ4n) is 3.51. The number of carbonyl (C=O) groups excluding carboxylic acids is 4. The lowest BCUT2D eigenvalue weighted by molar-refractivity contribution is -0.147. The number of esters is 2. The van der Waals surface area contributed by atoms with E-state index >= 15 is 0 Å². The average Bonchev–Trinajstić information content (AvgIpc) is 3.25. The van der Waals surface area contributed by atoms with Crippen molar-refractivity contribution in [1.29, 1.82) is 0 Å². The Hall–Kier alpha value is -4.26. The number of amides is 1. The van der Waals surface area contributed by atoms with Crippen LogP contribution in [-0.2, 0) is 14.3 Å². The maximum Gasteiger partial charge on any atom is 0.343 e. The van der Waals surface area contributed by atoms with E-state index < -0.39 is 30.2 Å². The fourth-order valence-corrected chi connectivity index (χ4v) is 3.51. The summed E-state index contributed by atoms with van der Waals surface area (Å²) in [6.07, 6.45) is 0.0450. The molecule has 0 bridgehead atoms. The van der Waals surface area contributed by atoms with Gasteiger partial charge in [-0.1, -0.05) is 36.4 Å². The number of Topliss-reactive ketones (excluding diaryl/α,β-unsaturated/α-hetero) is 1. The first-order valence-corrected chi connectivity index (χ1v) is 10.4. The number of ether oxygens (including phenoxy) is 2. The Morgan fingerprint density at radius 2 is 1.45 bits per heavy atom. The molecule has 1 heterocycles. The molecule has 0 aliphatic carbocycles. The first-order valence-electron chi connectivity index (χ1n) is 10.4. The van der Waals surface area contributed by atoms with E-state index in [1.54, 1.807) is 47.4 Å². The Kier molecular flexibility index (Phi) is 6.59. The molecule has 7 heteroatoms. The van der Waals surface area contributed by atoms with Gasteiger partial charge >= 0.3 is 11.9 Å². The molecule has 3 aromatic carbocycles. The highest BCUT2D eigenvalue weighted by molar-refractivity contribution is 6.01. The van der Waals surface area contributed by atoms with Crippen LogP contribution in [0.1, 0.15) is 27.1 Å². The third-order valence-electron chi connectivity index (χ3n) is 5.27. The Labute approximate surface area is 190 Å². The number of rotatable bonds is 7. The molecule has 3 aromatic rings. The van der Waals surface area contributed by atoms with E-state index in [1.807, 2.05) is 18.2 Å². The van der Waals surface area contributed by atoms with E-state index in [9.17, 15) is 19.2 Å². The average molecular weight is 443 g/mol. The highest BCUT2D eigenvalue weighted by Crippen LogP contribution is 2.25. The van der Waals surface area contributed by atoms with Gasteiger partial charge in [0.25, 0.3) is 0 Å². The quantitative estimate of drug-likeness (QED) is 0.314. The molecule has 0 radical (unpaired) electrons. The predicted molar refractivity (Wildman–Crippen MR) is 120 cm³/mol. The van der Waals surface area contributed by atoms with Crippen LogP contribution in [0.2, 0.25) is 0 Å². The molecule has 7 nitrogen and oxygen atoms in total. The molecule has 0 saturated carbocycles. The van der Waals surface area contributed by atoms with Crippen LogP contribution in [0, 0.1) is 5.92 Å². The van der Waals surface area contributed by atoms with Crippen LogP contribution < -0.4 is 9.64 Å². The zero-order valence-corrected chi connectivity index (χ0v) is 17.7. The van der Waals surface area contributed by atoms with Gasteiger partial charge in [0.05, 0.1) is 11.5 Å². The zero-order chi connectivity index (χ0) is 23.2. The second kappa shape index (κ2) is 9.91. The molecule has 4 rings (SSSR count). The number of nitrogens with zero attached hydrogens (tertiary/aromatic N) is 1. The van der Waals surface area contributed by atoms with Crippen molar-refractivity contribution in [2.75, 3.05) is 18.1 Å². The summed E-state index contributed by atoms with van der Waals surface area (Å²) in [7, 11) is 0. The highest BCUT2D eigenvalue weighted by Gasteiger charge is 2.36. The van der Waals surface area contributed by atoms with Crippen molar-refractivity contribution in [3.63, 3.8) is 0 Å². The van der Waals surface area contributed by atoms with Crippen LogP contribution in [0.4, 0.5) is 5.69 Å². The third-order valence-corrected chi connectivity index (χ3v) is 5.27. The van der Waals surface area contributed by atoms with Crippen LogP contribution in [0.5, 0.6) is 5.75 Å². The van der Waals surface area contributed by atoms with Crippen LogP contribution in [0.15, 0.2) is 84.9 Å². The topological polar surface area (TPSA) is 90.0 Å². The summed E-state index contributed by atoms with van der Waals surface area (Å²) >= 11 is 0. The van der Waals surface area contributed by atoms with Crippen molar-refractivity contribution in [3.05, 3.63) is 96.1 Å². The SMILES string of the molecule is O=C(COC(=O)C1CC(=O)N(c2ccccc2)C1)c1ccc(OC(=O)c2ccccc2)cc1. The number of hydrogen-bond acceptors (Lipinski definition) is 6. The van der Waals surface area contributed by atoms with Gasteiger partial charge < -0.3 is 14.4 Å². The molecular formula is C26H21NO6. The molecule has 1 saturated heterocycles. The van der Waals surface area contributed by atoms with E-state index in [0.29, 0.717) is 16.9 Å².